The van der Waals surface area contributed by atoms with Crippen LogP contribution in [0.25, 0.3) is 0 Å². The van der Waals surface area contributed by atoms with Crippen LogP contribution in [-0.2, 0) is 0 Å². The predicted molar refractivity (Wildman–Crippen MR) is 111 cm³/mol. The van der Waals surface area contributed by atoms with E-state index in [2.05, 4.69) is 18.2 Å². The van der Waals surface area contributed by atoms with E-state index in [1.54, 1.807) is 0 Å². The van der Waals surface area contributed by atoms with Crippen LogP contribution >= 0.6 is 0 Å². The Hall–Kier alpha value is -0.780. The zero-order valence-electron chi connectivity index (χ0n) is 17.0. The van der Waals surface area contributed by atoms with Crippen molar-refractivity contribution in [2.45, 2.75) is 83.5 Å². The van der Waals surface area contributed by atoms with Gasteiger partial charge in [0.25, 0.3) is 0 Å². The molecule has 6 bridgehead atoms. The highest BCUT2D eigenvalue weighted by Gasteiger charge is 2.56. The zero-order chi connectivity index (χ0) is 17.6. The van der Waals surface area contributed by atoms with Crippen molar-refractivity contribution in [3.63, 3.8) is 0 Å². The molecule has 0 nitrogen and oxygen atoms in total. The zero-order valence-corrected chi connectivity index (χ0v) is 17.0. The predicted octanol–water partition coefficient (Wildman–Crippen LogP) is 7.23. The van der Waals surface area contributed by atoms with Gasteiger partial charge in [0.2, 0.25) is 0 Å². The first-order chi connectivity index (χ1) is 13.3. The minimum atomic E-state index is 0.480. The largest absolute Gasteiger partial charge is 0.0816 e. The fourth-order valence-corrected chi connectivity index (χ4v) is 9.47. The van der Waals surface area contributed by atoms with E-state index in [9.17, 15) is 0 Å². The monoisotopic (exact) mass is 360 g/mol. The van der Waals surface area contributed by atoms with Crippen molar-refractivity contribution in [1.29, 1.82) is 0 Å². The fraction of sp³-hybridized carbons (Fsp3) is 0.778. The quantitative estimate of drug-likeness (QED) is 0.466. The van der Waals surface area contributed by atoms with Crippen LogP contribution < -0.4 is 0 Å². The highest BCUT2D eigenvalue weighted by molar-refractivity contribution is 5.45. The van der Waals surface area contributed by atoms with Gasteiger partial charge in [0.1, 0.15) is 0 Å². The molecule has 0 aromatic rings. The first-order valence-electron chi connectivity index (χ1n) is 12.5. The molecule has 0 amide bonds. The molecule has 0 spiro atoms. The number of rotatable bonds is 3. The smallest absolute Gasteiger partial charge is 0.0191 e. The number of allylic oxidation sites excluding steroid dienone is 6. The molecule has 0 aliphatic heterocycles. The van der Waals surface area contributed by atoms with Gasteiger partial charge in [-0.2, -0.15) is 0 Å². The van der Waals surface area contributed by atoms with Crippen LogP contribution in [0, 0.1) is 46.8 Å². The molecule has 0 N–H and O–H groups in total. The van der Waals surface area contributed by atoms with Crippen molar-refractivity contribution in [3.8, 4) is 0 Å². The Bertz CT molecular complexity index is 712. The molecular formula is C27H36. The molecule has 0 heterocycles. The lowest BCUT2D eigenvalue weighted by atomic mass is 9.52. The van der Waals surface area contributed by atoms with Gasteiger partial charge in [-0.15, -0.1) is 0 Å². The molecule has 0 radical (unpaired) electrons. The maximum Gasteiger partial charge on any atom is 0.0191 e. The molecule has 7 rings (SSSR count). The van der Waals surface area contributed by atoms with Gasteiger partial charge in [-0.3, -0.25) is 0 Å². The second kappa shape index (κ2) is 5.64. The van der Waals surface area contributed by atoms with Gasteiger partial charge in [-0.25, -0.2) is 0 Å². The lowest BCUT2D eigenvalue weighted by Crippen LogP contribution is -2.42. The van der Waals surface area contributed by atoms with E-state index in [0.29, 0.717) is 5.41 Å². The highest BCUT2D eigenvalue weighted by atomic mass is 14.6. The van der Waals surface area contributed by atoms with Crippen molar-refractivity contribution in [2.24, 2.45) is 46.8 Å². The Morgan fingerprint density at radius 2 is 1.19 bits per heavy atom. The molecule has 7 aliphatic rings. The summed E-state index contributed by atoms with van der Waals surface area (Å²) in [7, 11) is 0. The SMILES string of the molecule is C1=C(C2CCCCC2(C2=CC3CCC2C3)C2=CC3CCC2C3)C2CCC1C2. The summed E-state index contributed by atoms with van der Waals surface area (Å²) in [6, 6.07) is 0. The van der Waals surface area contributed by atoms with Gasteiger partial charge in [0, 0.05) is 5.41 Å². The Morgan fingerprint density at radius 1 is 0.593 bits per heavy atom. The molecule has 144 valence electrons. The van der Waals surface area contributed by atoms with E-state index >= 15 is 0 Å². The molecule has 0 aromatic carbocycles. The lowest BCUT2D eigenvalue weighted by molar-refractivity contribution is 0.168. The van der Waals surface area contributed by atoms with Crippen molar-refractivity contribution in [1.82, 2.24) is 0 Å². The maximum absolute atomic E-state index is 2.85. The van der Waals surface area contributed by atoms with Crippen LogP contribution in [0.2, 0.25) is 0 Å². The van der Waals surface area contributed by atoms with Crippen molar-refractivity contribution < 1.29 is 0 Å². The number of fused-ring (bicyclic) bond motifs is 6. The van der Waals surface area contributed by atoms with Gasteiger partial charge < -0.3 is 0 Å². The van der Waals surface area contributed by atoms with Gasteiger partial charge >= 0.3 is 0 Å². The summed E-state index contributed by atoms with van der Waals surface area (Å²) in [5, 5.41) is 0. The molecule has 7 aliphatic carbocycles. The Labute approximate surface area is 165 Å². The average molecular weight is 361 g/mol. The molecular weight excluding hydrogens is 324 g/mol. The topological polar surface area (TPSA) is 0 Å². The van der Waals surface area contributed by atoms with Crippen molar-refractivity contribution in [2.75, 3.05) is 0 Å². The summed E-state index contributed by atoms with van der Waals surface area (Å²) in [6.45, 7) is 0. The summed E-state index contributed by atoms with van der Waals surface area (Å²) < 4.78 is 0. The minimum absolute atomic E-state index is 0.480. The maximum atomic E-state index is 2.85. The van der Waals surface area contributed by atoms with Crippen LogP contribution in [-0.4, -0.2) is 0 Å². The van der Waals surface area contributed by atoms with Crippen LogP contribution in [0.4, 0.5) is 0 Å². The van der Waals surface area contributed by atoms with E-state index in [0.717, 1.165) is 41.4 Å². The third-order valence-corrected chi connectivity index (χ3v) is 10.4. The summed E-state index contributed by atoms with van der Waals surface area (Å²) >= 11 is 0. The minimum Gasteiger partial charge on any atom is -0.0816 e. The molecule has 27 heavy (non-hydrogen) atoms. The van der Waals surface area contributed by atoms with Gasteiger partial charge in [-0.05, 0) is 112 Å². The highest BCUT2D eigenvalue weighted by Crippen LogP contribution is 2.67. The van der Waals surface area contributed by atoms with Crippen molar-refractivity contribution >= 4 is 0 Å². The standard InChI is InChI=1S/C27H36/c1-2-10-27(25-15-18-5-8-21(25)12-18,26-16-19-6-9-22(26)13-19)24(3-1)23-14-17-4-7-20(23)11-17/h14-22,24H,1-13H2. The fourth-order valence-electron chi connectivity index (χ4n) is 9.47. The molecule has 7 atom stereocenters. The summed E-state index contributed by atoms with van der Waals surface area (Å²) in [4.78, 5) is 0. The summed E-state index contributed by atoms with van der Waals surface area (Å²) in [5.74, 6) is 6.60. The second-order valence-electron chi connectivity index (χ2n) is 11.5. The third kappa shape index (κ3) is 2.11. The molecule has 7 unspecified atom stereocenters. The Kier molecular flexibility index (Phi) is 3.36. The number of hydrogen-bond acceptors (Lipinski definition) is 0. The van der Waals surface area contributed by atoms with Gasteiger partial charge in [0.05, 0.1) is 0 Å². The van der Waals surface area contributed by atoms with Crippen LogP contribution in [0.15, 0.2) is 34.9 Å². The number of hydrogen-bond donors (Lipinski definition) is 0. The van der Waals surface area contributed by atoms with E-state index in [-0.39, 0.29) is 0 Å². The summed E-state index contributed by atoms with van der Waals surface area (Å²) in [6.07, 6.45) is 28.1. The van der Waals surface area contributed by atoms with Crippen LogP contribution in [0.1, 0.15) is 83.5 Å². The molecule has 4 saturated carbocycles. The Morgan fingerprint density at radius 3 is 1.67 bits per heavy atom. The molecule has 0 aromatic heterocycles. The van der Waals surface area contributed by atoms with Crippen LogP contribution in [0.3, 0.4) is 0 Å². The van der Waals surface area contributed by atoms with Crippen molar-refractivity contribution in [3.05, 3.63) is 34.9 Å². The molecule has 4 fully saturated rings. The average Bonchev–Trinajstić information content (AvgIpc) is 3.53. The van der Waals surface area contributed by atoms with E-state index < -0.39 is 0 Å². The molecule has 0 saturated heterocycles. The van der Waals surface area contributed by atoms with E-state index in [1.807, 2.05) is 16.7 Å². The summed E-state index contributed by atoms with van der Waals surface area (Å²) in [5.41, 5.74) is 6.43. The van der Waals surface area contributed by atoms with Gasteiger partial charge in [0.15, 0.2) is 0 Å². The third-order valence-electron chi connectivity index (χ3n) is 10.4. The van der Waals surface area contributed by atoms with Crippen LogP contribution in [0.5, 0.6) is 0 Å². The van der Waals surface area contributed by atoms with Gasteiger partial charge in [-0.1, -0.05) is 47.8 Å². The normalized spacial score (nSPS) is 52.4. The molecule has 0 heteroatoms. The lowest BCUT2D eigenvalue weighted by Gasteiger charge is -2.52. The van der Waals surface area contributed by atoms with E-state index in [1.165, 1.54) is 83.5 Å². The first-order valence-corrected chi connectivity index (χ1v) is 12.5. The second-order valence-corrected chi connectivity index (χ2v) is 11.5. The van der Waals surface area contributed by atoms with E-state index in [4.69, 9.17) is 0 Å². The Balaban J connectivity index is 1.39. The first kappa shape index (κ1) is 16.1.